The van der Waals surface area contributed by atoms with Crippen molar-refractivity contribution in [2.45, 2.75) is 51.7 Å². The number of ether oxygens (including phenoxy) is 2. The van der Waals surface area contributed by atoms with Gasteiger partial charge < -0.3 is 19.9 Å². The van der Waals surface area contributed by atoms with Crippen LogP contribution in [0.2, 0.25) is 0 Å². The Bertz CT molecular complexity index is 664. The standard InChI is InChI=1S/C20H29NO4/c1-13(2)14(3)8-9-20(12-24-4)18(22)11-16-10-15(19(23)25-5)6-7-17(16)21-20/h6-7,10,18,21-22H,8-9,11-12H2,1-5H3/t18-,20-/m1/s1. The molecule has 0 aromatic heterocycles. The second kappa shape index (κ2) is 8.02. The van der Waals surface area contributed by atoms with Crippen LogP contribution in [0.3, 0.4) is 0 Å². The van der Waals surface area contributed by atoms with Gasteiger partial charge in [-0.15, -0.1) is 0 Å². The number of nitrogens with one attached hydrogen (secondary N) is 1. The van der Waals surface area contributed by atoms with Gasteiger partial charge in [-0.3, -0.25) is 0 Å². The van der Waals surface area contributed by atoms with E-state index >= 15 is 0 Å². The molecule has 0 aliphatic carbocycles. The molecule has 0 saturated carbocycles. The molecule has 1 aromatic rings. The molecule has 0 unspecified atom stereocenters. The van der Waals surface area contributed by atoms with Gasteiger partial charge in [-0.25, -0.2) is 4.79 Å². The van der Waals surface area contributed by atoms with E-state index in [1.807, 2.05) is 6.07 Å². The number of allylic oxidation sites excluding steroid dienone is 2. The van der Waals surface area contributed by atoms with E-state index < -0.39 is 11.6 Å². The van der Waals surface area contributed by atoms with Crippen molar-refractivity contribution in [2.75, 3.05) is 26.1 Å². The molecule has 1 heterocycles. The average Bonchev–Trinajstić information content (AvgIpc) is 2.59. The third-order valence-corrected chi connectivity index (χ3v) is 5.16. The highest BCUT2D eigenvalue weighted by atomic mass is 16.5. The lowest BCUT2D eigenvalue weighted by atomic mass is 9.79. The van der Waals surface area contributed by atoms with E-state index in [0.29, 0.717) is 18.6 Å². The predicted molar refractivity (Wildman–Crippen MR) is 99.0 cm³/mol. The van der Waals surface area contributed by atoms with E-state index in [2.05, 4.69) is 26.1 Å². The van der Waals surface area contributed by atoms with Crippen LogP contribution >= 0.6 is 0 Å². The molecule has 2 N–H and O–H groups in total. The van der Waals surface area contributed by atoms with Crippen molar-refractivity contribution in [3.05, 3.63) is 40.5 Å². The first-order chi connectivity index (χ1) is 11.8. The van der Waals surface area contributed by atoms with E-state index in [1.54, 1.807) is 19.2 Å². The minimum Gasteiger partial charge on any atom is -0.465 e. The van der Waals surface area contributed by atoms with E-state index in [-0.39, 0.29) is 5.97 Å². The summed E-state index contributed by atoms with van der Waals surface area (Å²) in [6.07, 6.45) is 1.55. The van der Waals surface area contributed by atoms with Gasteiger partial charge >= 0.3 is 5.97 Å². The molecule has 138 valence electrons. The number of hydrogen-bond acceptors (Lipinski definition) is 5. The Hall–Kier alpha value is -1.85. The van der Waals surface area contributed by atoms with Crippen molar-refractivity contribution in [2.24, 2.45) is 0 Å². The molecule has 0 bridgehead atoms. The maximum Gasteiger partial charge on any atom is 0.337 e. The number of methoxy groups -OCH3 is 2. The highest BCUT2D eigenvalue weighted by molar-refractivity contribution is 5.90. The molecule has 2 rings (SSSR count). The van der Waals surface area contributed by atoms with Crippen LogP contribution in [0.15, 0.2) is 29.3 Å². The zero-order valence-corrected chi connectivity index (χ0v) is 15.8. The summed E-state index contributed by atoms with van der Waals surface area (Å²) < 4.78 is 10.2. The Morgan fingerprint density at radius 2 is 2.04 bits per heavy atom. The monoisotopic (exact) mass is 347 g/mol. The van der Waals surface area contributed by atoms with Crippen LogP contribution in [0.25, 0.3) is 0 Å². The maximum absolute atomic E-state index is 11.7. The smallest absolute Gasteiger partial charge is 0.337 e. The first-order valence-corrected chi connectivity index (χ1v) is 8.62. The number of aliphatic hydroxyl groups is 1. The first kappa shape index (κ1) is 19.5. The minimum atomic E-state index is -0.599. The number of carbonyl (C=O) groups excluding carboxylic acids is 1. The summed E-state index contributed by atoms with van der Waals surface area (Å²) in [5.74, 6) is -0.370. The van der Waals surface area contributed by atoms with Gasteiger partial charge in [0, 0.05) is 19.2 Å². The van der Waals surface area contributed by atoms with Crippen LogP contribution in [-0.4, -0.2) is 43.5 Å². The Labute approximate surface area is 150 Å². The molecular formula is C20H29NO4. The third-order valence-electron chi connectivity index (χ3n) is 5.16. The van der Waals surface area contributed by atoms with Gasteiger partial charge in [0.05, 0.1) is 30.9 Å². The molecule has 5 heteroatoms. The van der Waals surface area contributed by atoms with Gasteiger partial charge in [0.15, 0.2) is 0 Å². The van der Waals surface area contributed by atoms with Gasteiger partial charge in [-0.1, -0.05) is 11.1 Å². The zero-order chi connectivity index (χ0) is 18.6. The molecule has 0 saturated heterocycles. The van der Waals surface area contributed by atoms with Crippen molar-refractivity contribution in [3.63, 3.8) is 0 Å². The van der Waals surface area contributed by atoms with Crippen molar-refractivity contribution >= 4 is 11.7 Å². The fourth-order valence-electron chi connectivity index (χ4n) is 3.24. The number of fused-ring (bicyclic) bond motifs is 1. The number of hydrogen-bond donors (Lipinski definition) is 2. The first-order valence-electron chi connectivity index (χ1n) is 8.62. The number of esters is 1. The van der Waals surface area contributed by atoms with E-state index in [0.717, 1.165) is 24.1 Å². The zero-order valence-electron chi connectivity index (χ0n) is 15.8. The highest BCUT2D eigenvalue weighted by Crippen LogP contribution is 2.36. The number of carbonyl (C=O) groups is 1. The van der Waals surface area contributed by atoms with E-state index in [1.165, 1.54) is 18.3 Å². The molecule has 2 atom stereocenters. The van der Waals surface area contributed by atoms with Crippen LogP contribution in [0.4, 0.5) is 5.69 Å². The molecule has 0 amide bonds. The number of rotatable bonds is 6. The molecule has 1 aliphatic rings. The predicted octanol–water partition coefficient (Wildman–Crippen LogP) is 3.32. The van der Waals surface area contributed by atoms with Gasteiger partial charge in [0.25, 0.3) is 0 Å². The Balaban J connectivity index is 2.29. The molecular weight excluding hydrogens is 318 g/mol. The molecule has 0 spiro atoms. The lowest BCUT2D eigenvalue weighted by Crippen LogP contribution is -2.56. The van der Waals surface area contributed by atoms with Crippen LogP contribution in [0.5, 0.6) is 0 Å². The molecule has 0 radical (unpaired) electrons. The van der Waals surface area contributed by atoms with Crippen molar-refractivity contribution in [1.29, 1.82) is 0 Å². The third kappa shape index (κ3) is 4.22. The second-order valence-electron chi connectivity index (χ2n) is 7.08. The topological polar surface area (TPSA) is 67.8 Å². The molecule has 1 aromatic carbocycles. The van der Waals surface area contributed by atoms with Gasteiger partial charge in [-0.05, 0) is 57.4 Å². The maximum atomic E-state index is 11.7. The fourth-order valence-corrected chi connectivity index (χ4v) is 3.24. The lowest BCUT2D eigenvalue weighted by molar-refractivity contribution is 0.0292. The Morgan fingerprint density at radius 1 is 1.32 bits per heavy atom. The largest absolute Gasteiger partial charge is 0.465 e. The normalized spacial score (nSPS) is 21.9. The summed E-state index contributed by atoms with van der Waals surface area (Å²) in [4.78, 5) is 11.7. The van der Waals surface area contributed by atoms with Crippen LogP contribution in [0, 0.1) is 0 Å². The molecule has 25 heavy (non-hydrogen) atoms. The Morgan fingerprint density at radius 3 is 2.64 bits per heavy atom. The van der Waals surface area contributed by atoms with E-state index in [4.69, 9.17) is 9.47 Å². The molecule has 5 nitrogen and oxygen atoms in total. The van der Waals surface area contributed by atoms with Gasteiger partial charge in [0.1, 0.15) is 0 Å². The summed E-state index contributed by atoms with van der Waals surface area (Å²) in [7, 11) is 3.02. The van der Waals surface area contributed by atoms with Crippen LogP contribution < -0.4 is 5.32 Å². The van der Waals surface area contributed by atoms with Crippen LogP contribution in [0.1, 0.15) is 49.5 Å². The van der Waals surface area contributed by atoms with Crippen LogP contribution in [-0.2, 0) is 15.9 Å². The van der Waals surface area contributed by atoms with E-state index in [9.17, 15) is 9.90 Å². The average molecular weight is 347 g/mol. The summed E-state index contributed by atoms with van der Waals surface area (Å²) in [5, 5.41) is 14.4. The second-order valence-corrected chi connectivity index (χ2v) is 7.08. The van der Waals surface area contributed by atoms with Gasteiger partial charge in [0.2, 0.25) is 0 Å². The van der Waals surface area contributed by atoms with Crippen molar-refractivity contribution < 1.29 is 19.4 Å². The summed E-state index contributed by atoms with van der Waals surface area (Å²) in [5.41, 5.74) is 4.45. The highest BCUT2D eigenvalue weighted by Gasteiger charge is 2.41. The number of anilines is 1. The van der Waals surface area contributed by atoms with Crippen molar-refractivity contribution in [1.82, 2.24) is 0 Å². The summed E-state index contributed by atoms with van der Waals surface area (Å²) >= 11 is 0. The quantitative estimate of drug-likeness (QED) is 0.610. The summed E-state index contributed by atoms with van der Waals surface area (Å²) in [6, 6.07) is 5.41. The molecule has 0 fully saturated rings. The fraction of sp³-hybridized carbons (Fsp3) is 0.550. The summed E-state index contributed by atoms with van der Waals surface area (Å²) in [6.45, 7) is 6.75. The minimum absolute atomic E-state index is 0.370. The van der Waals surface area contributed by atoms with Crippen molar-refractivity contribution in [3.8, 4) is 0 Å². The number of benzene rings is 1. The Kier molecular flexibility index (Phi) is 6.25. The van der Waals surface area contributed by atoms with Gasteiger partial charge in [-0.2, -0.15) is 0 Å². The SMILES string of the molecule is COC[C@@]1(CCC(C)=C(C)C)Nc2ccc(C(=O)OC)cc2C[C@H]1O. The molecule has 1 aliphatic heterocycles. The lowest BCUT2D eigenvalue weighted by Gasteiger charge is -2.43. The number of aliphatic hydroxyl groups excluding tert-OH is 1.